The second kappa shape index (κ2) is 7.11. The Labute approximate surface area is 108 Å². The highest BCUT2D eigenvalue weighted by molar-refractivity contribution is 5.76. The standard InChI is InChI=1S/C14H21FN2O/c1-10(9-16)6-7-14(18)17-11(2)12-4-3-5-13(15)8-12/h3-5,8,10-11H,6-7,9,16H2,1-2H3,(H,17,18)/t10?,11-/m1/s1. The van der Waals surface area contributed by atoms with Crippen LogP contribution in [0.25, 0.3) is 0 Å². The van der Waals surface area contributed by atoms with Crippen molar-refractivity contribution < 1.29 is 9.18 Å². The molecule has 1 aromatic carbocycles. The van der Waals surface area contributed by atoms with Gasteiger partial charge in [0.2, 0.25) is 5.91 Å². The summed E-state index contributed by atoms with van der Waals surface area (Å²) in [7, 11) is 0. The Kier molecular flexibility index (Phi) is 5.78. The lowest BCUT2D eigenvalue weighted by Crippen LogP contribution is -2.27. The summed E-state index contributed by atoms with van der Waals surface area (Å²) >= 11 is 0. The van der Waals surface area contributed by atoms with Crippen LogP contribution >= 0.6 is 0 Å². The van der Waals surface area contributed by atoms with E-state index in [1.165, 1.54) is 12.1 Å². The quantitative estimate of drug-likeness (QED) is 0.816. The van der Waals surface area contributed by atoms with Crippen LogP contribution in [0.3, 0.4) is 0 Å². The second-order valence-electron chi connectivity index (χ2n) is 4.72. The molecule has 1 amide bonds. The zero-order valence-corrected chi connectivity index (χ0v) is 10.9. The van der Waals surface area contributed by atoms with Crippen LogP contribution in [-0.4, -0.2) is 12.5 Å². The van der Waals surface area contributed by atoms with Crippen LogP contribution in [0, 0.1) is 11.7 Å². The van der Waals surface area contributed by atoms with Gasteiger partial charge < -0.3 is 11.1 Å². The van der Waals surface area contributed by atoms with Crippen molar-refractivity contribution in [3.05, 3.63) is 35.6 Å². The summed E-state index contributed by atoms with van der Waals surface area (Å²) in [6.45, 7) is 4.45. The SMILES string of the molecule is CC(CN)CCC(=O)N[C@H](C)c1cccc(F)c1. The van der Waals surface area contributed by atoms with Crippen molar-refractivity contribution in [1.29, 1.82) is 0 Å². The van der Waals surface area contributed by atoms with E-state index in [0.717, 1.165) is 12.0 Å². The van der Waals surface area contributed by atoms with Crippen molar-refractivity contribution >= 4 is 5.91 Å². The first-order valence-corrected chi connectivity index (χ1v) is 6.27. The third kappa shape index (κ3) is 4.84. The van der Waals surface area contributed by atoms with Crippen LogP contribution in [0.2, 0.25) is 0 Å². The van der Waals surface area contributed by atoms with Crippen LogP contribution in [0.15, 0.2) is 24.3 Å². The van der Waals surface area contributed by atoms with Gasteiger partial charge in [-0.15, -0.1) is 0 Å². The summed E-state index contributed by atoms with van der Waals surface area (Å²) in [5.74, 6) is 0.0395. The number of carbonyl (C=O) groups excluding carboxylic acids is 1. The lowest BCUT2D eigenvalue weighted by Gasteiger charge is -2.15. The normalized spacial score (nSPS) is 14.0. The predicted octanol–water partition coefficient (Wildman–Crippen LogP) is 2.38. The molecule has 0 aromatic heterocycles. The molecule has 1 aromatic rings. The van der Waals surface area contributed by atoms with E-state index in [2.05, 4.69) is 5.32 Å². The first kappa shape index (κ1) is 14.6. The maximum atomic E-state index is 13.0. The smallest absolute Gasteiger partial charge is 0.220 e. The number of carbonyl (C=O) groups is 1. The third-order valence-electron chi connectivity index (χ3n) is 2.99. The van der Waals surface area contributed by atoms with Gasteiger partial charge in [0.25, 0.3) is 0 Å². The summed E-state index contributed by atoms with van der Waals surface area (Å²) in [5, 5.41) is 2.86. The fourth-order valence-electron chi connectivity index (χ4n) is 1.67. The molecule has 2 atom stereocenters. The van der Waals surface area contributed by atoms with Gasteiger partial charge in [0.15, 0.2) is 0 Å². The molecule has 0 aliphatic heterocycles. The molecule has 0 bridgehead atoms. The van der Waals surface area contributed by atoms with Gasteiger partial charge in [-0.25, -0.2) is 4.39 Å². The van der Waals surface area contributed by atoms with Crippen molar-refractivity contribution in [2.24, 2.45) is 11.7 Å². The first-order valence-electron chi connectivity index (χ1n) is 6.27. The highest BCUT2D eigenvalue weighted by Crippen LogP contribution is 2.14. The second-order valence-corrected chi connectivity index (χ2v) is 4.72. The molecule has 0 radical (unpaired) electrons. The molecule has 0 fully saturated rings. The maximum absolute atomic E-state index is 13.0. The fourth-order valence-corrected chi connectivity index (χ4v) is 1.67. The maximum Gasteiger partial charge on any atom is 0.220 e. The summed E-state index contributed by atoms with van der Waals surface area (Å²) < 4.78 is 13.0. The molecule has 4 heteroatoms. The summed E-state index contributed by atoms with van der Waals surface area (Å²) in [4.78, 5) is 11.7. The average molecular weight is 252 g/mol. The molecule has 0 saturated heterocycles. The van der Waals surface area contributed by atoms with E-state index >= 15 is 0 Å². The monoisotopic (exact) mass is 252 g/mol. The third-order valence-corrected chi connectivity index (χ3v) is 2.99. The Hall–Kier alpha value is -1.42. The predicted molar refractivity (Wildman–Crippen MR) is 70.4 cm³/mol. The number of nitrogens with one attached hydrogen (secondary N) is 1. The zero-order valence-electron chi connectivity index (χ0n) is 10.9. The molecule has 18 heavy (non-hydrogen) atoms. The minimum atomic E-state index is -0.287. The molecule has 3 N–H and O–H groups in total. The van der Waals surface area contributed by atoms with Gasteiger partial charge in [-0.2, -0.15) is 0 Å². The minimum Gasteiger partial charge on any atom is -0.350 e. The molecule has 100 valence electrons. The van der Waals surface area contributed by atoms with Crippen molar-refractivity contribution in [2.45, 2.75) is 32.7 Å². The lowest BCUT2D eigenvalue weighted by atomic mass is 10.0. The Bertz CT molecular complexity index is 395. The van der Waals surface area contributed by atoms with Crippen LogP contribution < -0.4 is 11.1 Å². The molecular weight excluding hydrogens is 231 g/mol. The number of rotatable bonds is 6. The Morgan fingerprint density at radius 1 is 1.44 bits per heavy atom. The summed E-state index contributed by atoms with van der Waals surface area (Å²) in [5.41, 5.74) is 6.27. The van der Waals surface area contributed by atoms with E-state index in [1.807, 2.05) is 13.8 Å². The topological polar surface area (TPSA) is 55.1 Å². The van der Waals surface area contributed by atoms with Crippen molar-refractivity contribution in [1.82, 2.24) is 5.32 Å². The fraction of sp³-hybridized carbons (Fsp3) is 0.500. The highest BCUT2D eigenvalue weighted by atomic mass is 19.1. The van der Waals surface area contributed by atoms with Crippen molar-refractivity contribution in [2.75, 3.05) is 6.54 Å². The molecule has 0 heterocycles. The molecule has 0 spiro atoms. The van der Waals surface area contributed by atoms with Gasteiger partial charge in [0.05, 0.1) is 6.04 Å². The number of benzene rings is 1. The average Bonchev–Trinajstić information content (AvgIpc) is 2.35. The van der Waals surface area contributed by atoms with Gasteiger partial charge >= 0.3 is 0 Å². The number of halogens is 1. The zero-order chi connectivity index (χ0) is 13.5. The van der Waals surface area contributed by atoms with Gasteiger partial charge in [0.1, 0.15) is 5.82 Å². The summed E-state index contributed by atoms with van der Waals surface area (Å²) in [6, 6.07) is 6.09. The van der Waals surface area contributed by atoms with Crippen LogP contribution in [0.5, 0.6) is 0 Å². The number of hydrogen-bond donors (Lipinski definition) is 2. The first-order chi connectivity index (χ1) is 8.52. The van der Waals surface area contributed by atoms with E-state index in [9.17, 15) is 9.18 Å². The van der Waals surface area contributed by atoms with Gasteiger partial charge in [-0.05, 0) is 43.5 Å². The minimum absolute atomic E-state index is 0.0212. The molecule has 0 saturated carbocycles. The number of nitrogens with two attached hydrogens (primary N) is 1. The number of hydrogen-bond acceptors (Lipinski definition) is 2. The van der Waals surface area contributed by atoms with E-state index in [-0.39, 0.29) is 17.8 Å². The number of amides is 1. The van der Waals surface area contributed by atoms with Gasteiger partial charge in [0, 0.05) is 6.42 Å². The molecule has 0 aliphatic carbocycles. The van der Waals surface area contributed by atoms with Crippen molar-refractivity contribution in [3.8, 4) is 0 Å². The Balaban J connectivity index is 2.44. The molecule has 3 nitrogen and oxygen atoms in total. The van der Waals surface area contributed by atoms with Crippen LogP contribution in [0.1, 0.15) is 38.3 Å². The largest absolute Gasteiger partial charge is 0.350 e. The van der Waals surface area contributed by atoms with Gasteiger partial charge in [-0.3, -0.25) is 4.79 Å². The molecule has 1 unspecified atom stereocenters. The van der Waals surface area contributed by atoms with E-state index in [1.54, 1.807) is 12.1 Å². The van der Waals surface area contributed by atoms with Crippen LogP contribution in [-0.2, 0) is 4.79 Å². The van der Waals surface area contributed by atoms with E-state index < -0.39 is 0 Å². The molecule has 1 rings (SSSR count). The lowest BCUT2D eigenvalue weighted by molar-refractivity contribution is -0.122. The van der Waals surface area contributed by atoms with E-state index in [4.69, 9.17) is 5.73 Å². The Morgan fingerprint density at radius 3 is 2.78 bits per heavy atom. The summed E-state index contributed by atoms with van der Waals surface area (Å²) in [6.07, 6.45) is 1.23. The van der Waals surface area contributed by atoms with Crippen LogP contribution in [0.4, 0.5) is 4.39 Å². The van der Waals surface area contributed by atoms with Gasteiger partial charge in [-0.1, -0.05) is 19.1 Å². The highest BCUT2D eigenvalue weighted by Gasteiger charge is 2.11. The molecule has 0 aliphatic rings. The molecular formula is C14H21FN2O. The van der Waals surface area contributed by atoms with Crippen molar-refractivity contribution in [3.63, 3.8) is 0 Å². The Morgan fingerprint density at radius 2 is 2.17 bits per heavy atom. The van der Waals surface area contributed by atoms with E-state index in [0.29, 0.717) is 18.9 Å².